The Morgan fingerprint density at radius 2 is 2.35 bits per heavy atom. The summed E-state index contributed by atoms with van der Waals surface area (Å²) in [6.45, 7) is 0. The lowest BCUT2D eigenvalue weighted by Crippen LogP contribution is -2.28. The smallest absolute Gasteiger partial charge is 0.332 e. The second kappa shape index (κ2) is 5.43. The molecule has 0 unspecified atom stereocenters. The highest BCUT2D eigenvalue weighted by atomic mass is 16.2. The first-order valence-electron chi connectivity index (χ1n) is 5.80. The van der Waals surface area contributed by atoms with Gasteiger partial charge in [-0.15, -0.1) is 0 Å². The summed E-state index contributed by atoms with van der Waals surface area (Å²) < 4.78 is 0. The first-order valence-corrected chi connectivity index (χ1v) is 5.80. The van der Waals surface area contributed by atoms with Crippen LogP contribution in [0.3, 0.4) is 0 Å². The zero-order valence-corrected chi connectivity index (χ0v) is 9.60. The highest BCUT2D eigenvalue weighted by Gasteiger charge is 2.23. The van der Waals surface area contributed by atoms with Crippen molar-refractivity contribution in [2.45, 2.75) is 31.6 Å². The number of carbonyl (C=O) groups excluding carboxylic acids is 1. The molecule has 1 aromatic heterocycles. The Kier molecular flexibility index (Phi) is 3.69. The molecule has 17 heavy (non-hydrogen) atoms. The van der Waals surface area contributed by atoms with Gasteiger partial charge in [0.1, 0.15) is 0 Å². The van der Waals surface area contributed by atoms with Crippen LogP contribution in [0.4, 0.5) is 4.79 Å². The van der Waals surface area contributed by atoms with Gasteiger partial charge < -0.3 is 5.73 Å². The van der Waals surface area contributed by atoms with E-state index in [1.54, 1.807) is 6.20 Å². The predicted molar refractivity (Wildman–Crippen MR) is 65.6 cm³/mol. The van der Waals surface area contributed by atoms with Gasteiger partial charge in [0.05, 0.1) is 0 Å². The number of nitrogens with one attached hydrogen (secondary N) is 1. The third-order valence-corrected chi connectivity index (χ3v) is 2.93. The molecule has 0 aromatic carbocycles. The number of nitrogens with two attached hydrogens (primary N) is 1. The number of hydrazone groups is 1. The first kappa shape index (κ1) is 11.6. The van der Waals surface area contributed by atoms with E-state index in [0.29, 0.717) is 0 Å². The van der Waals surface area contributed by atoms with E-state index in [9.17, 15) is 4.79 Å². The van der Waals surface area contributed by atoms with Crippen LogP contribution < -0.4 is 11.2 Å². The van der Waals surface area contributed by atoms with Crippen molar-refractivity contribution < 1.29 is 4.79 Å². The number of pyridine rings is 1. The maximum atomic E-state index is 10.7. The van der Waals surface area contributed by atoms with Crippen LogP contribution in [0, 0.1) is 0 Å². The van der Waals surface area contributed by atoms with Crippen LogP contribution >= 0.6 is 0 Å². The van der Waals surface area contributed by atoms with Gasteiger partial charge in [0.15, 0.2) is 0 Å². The summed E-state index contributed by atoms with van der Waals surface area (Å²) in [7, 11) is 0. The van der Waals surface area contributed by atoms with Gasteiger partial charge in [-0.05, 0) is 31.4 Å². The molecule has 1 atom stereocenters. The monoisotopic (exact) mass is 232 g/mol. The quantitative estimate of drug-likeness (QED) is 0.762. The number of nitrogens with zero attached hydrogens (tertiary/aromatic N) is 2. The van der Waals surface area contributed by atoms with E-state index in [0.717, 1.165) is 37.1 Å². The molecule has 1 fully saturated rings. The number of amides is 2. The van der Waals surface area contributed by atoms with Crippen molar-refractivity contribution in [1.82, 2.24) is 10.4 Å². The lowest BCUT2D eigenvalue weighted by atomic mass is 9.85. The Morgan fingerprint density at radius 1 is 1.47 bits per heavy atom. The summed E-state index contributed by atoms with van der Waals surface area (Å²) in [5.74, 6) is 0.205. The van der Waals surface area contributed by atoms with Gasteiger partial charge in [-0.2, -0.15) is 5.10 Å². The zero-order chi connectivity index (χ0) is 12.1. The molecule has 0 radical (unpaired) electrons. The normalized spacial score (nSPS) is 22.4. The number of urea groups is 1. The Balaban J connectivity index is 2.18. The molecule has 1 saturated carbocycles. The molecule has 0 bridgehead atoms. The van der Waals surface area contributed by atoms with Crippen LogP contribution in [-0.4, -0.2) is 16.7 Å². The number of hydrogen-bond acceptors (Lipinski definition) is 3. The van der Waals surface area contributed by atoms with E-state index in [1.165, 1.54) is 0 Å². The molecule has 0 spiro atoms. The second-order valence-corrected chi connectivity index (χ2v) is 4.13. The van der Waals surface area contributed by atoms with Gasteiger partial charge in [-0.25, -0.2) is 10.2 Å². The summed E-state index contributed by atoms with van der Waals surface area (Å²) in [6.07, 6.45) is 5.96. The SMILES string of the molecule is NC(=O)N/N=C1\CCCC[C@H]1c1ccccn1. The van der Waals surface area contributed by atoms with Crippen molar-refractivity contribution in [2.75, 3.05) is 0 Å². The van der Waals surface area contributed by atoms with Crippen molar-refractivity contribution in [2.24, 2.45) is 10.8 Å². The standard InChI is InChI=1S/C12H16N4O/c13-12(17)16-15-11-7-2-1-5-9(11)10-6-3-4-8-14-10/h3-4,6,8-9H,1-2,5,7H2,(H3,13,16,17)/b15-11+/t9-/m0/s1. The van der Waals surface area contributed by atoms with E-state index in [4.69, 9.17) is 5.73 Å². The van der Waals surface area contributed by atoms with Crippen LogP contribution in [0.15, 0.2) is 29.5 Å². The molecule has 2 amide bonds. The van der Waals surface area contributed by atoms with E-state index in [2.05, 4.69) is 15.5 Å². The molecule has 2 rings (SSSR count). The highest BCUT2D eigenvalue weighted by Crippen LogP contribution is 2.29. The molecule has 1 aliphatic rings. The maximum absolute atomic E-state index is 10.7. The summed E-state index contributed by atoms with van der Waals surface area (Å²) in [5.41, 5.74) is 9.31. The number of rotatable bonds is 2. The fourth-order valence-electron chi connectivity index (χ4n) is 2.16. The Labute approximate surface area is 100 Å². The van der Waals surface area contributed by atoms with Crippen molar-refractivity contribution in [3.8, 4) is 0 Å². The molecule has 5 heteroatoms. The van der Waals surface area contributed by atoms with Crippen molar-refractivity contribution in [1.29, 1.82) is 0 Å². The summed E-state index contributed by atoms with van der Waals surface area (Å²) in [5, 5.41) is 4.09. The lowest BCUT2D eigenvalue weighted by Gasteiger charge is -2.23. The second-order valence-electron chi connectivity index (χ2n) is 4.13. The van der Waals surface area contributed by atoms with Crippen molar-refractivity contribution >= 4 is 11.7 Å². The molecule has 1 heterocycles. The number of carbonyl (C=O) groups is 1. The third kappa shape index (κ3) is 3.03. The Morgan fingerprint density at radius 3 is 3.06 bits per heavy atom. The Bertz CT molecular complexity index is 416. The third-order valence-electron chi connectivity index (χ3n) is 2.93. The fourth-order valence-corrected chi connectivity index (χ4v) is 2.16. The van der Waals surface area contributed by atoms with Crippen LogP contribution in [0.5, 0.6) is 0 Å². The summed E-state index contributed by atoms with van der Waals surface area (Å²) >= 11 is 0. The molecule has 1 aliphatic carbocycles. The molecule has 0 aliphatic heterocycles. The molecule has 90 valence electrons. The largest absolute Gasteiger partial charge is 0.350 e. The summed E-state index contributed by atoms with van der Waals surface area (Å²) in [4.78, 5) is 15.0. The lowest BCUT2D eigenvalue weighted by molar-refractivity contribution is 0.249. The van der Waals surface area contributed by atoms with Gasteiger partial charge in [-0.3, -0.25) is 4.98 Å². The van der Waals surface area contributed by atoms with Crippen LogP contribution in [0.2, 0.25) is 0 Å². The van der Waals surface area contributed by atoms with Gasteiger partial charge in [0.25, 0.3) is 0 Å². The van der Waals surface area contributed by atoms with E-state index < -0.39 is 6.03 Å². The van der Waals surface area contributed by atoms with Gasteiger partial charge in [-0.1, -0.05) is 12.5 Å². The minimum Gasteiger partial charge on any atom is -0.350 e. The molecule has 5 nitrogen and oxygen atoms in total. The summed E-state index contributed by atoms with van der Waals surface area (Å²) in [6, 6.07) is 5.24. The fraction of sp³-hybridized carbons (Fsp3) is 0.417. The van der Waals surface area contributed by atoms with E-state index in [1.807, 2.05) is 18.2 Å². The van der Waals surface area contributed by atoms with Gasteiger partial charge >= 0.3 is 6.03 Å². The predicted octanol–water partition coefficient (Wildman–Crippen LogP) is 1.76. The molecular formula is C12H16N4O. The van der Waals surface area contributed by atoms with Crippen LogP contribution in [0.25, 0.3) is 0 Å². The Hall–Kier alpha value is -1.91. The first-order chi connectivity index (χ1) is 8.27. The minimum atomic E-state index is -0.622. The van der Waals surface area contributed by atoms with Gasteiger partial charge in [0, 0.05) is 23.5 Å². The number of aromatic nitrogens is 1. The average molecular weight is 232 g/mol. The van der Waals surface area contributed by atoms with Crippen LogP contribution in [0.1, 0.15) is 37.3 Å². The number of primary amides is 1. The average Bonchev–Trinajstić information content (AvgIpc) is 2.38. The zero-order valence-electron chi connectivity index (χ0n) is 9.60. The number of hydrogen-bond donors (Lipinski definition) is 2. The van der Waals surface area contributed by atoms with Crippen molar-refractivity contribution in [3.63, 3.8) is 0 Å². The highest BCUT2D eigenvalue weighted by molar-refractivity contribution is 5.92. The van der Waals surface area contributed by atoms with E-state index >= 15 is 0 Å². The maximum Gasteiger partial charge on any atom is 0.332 e. The topological polar surface area (TPSA) is 80.4 Å². The van der Waals surface area contributed by atoms with Crippen LogP contribution in [-0.2, 0) is 0 Å². The van der Waals surface area contributed by atoms with Crippen molar-refractivity contribution in [3.05, 3.63) is 30.1 Å². The molecule has 1 aromatic rings. The molecule has 0 saturated heterocycles. The minimum absolute atomic E-state index is 0.205. The molecule has 3 N–H and O–H groups in total. The van der Waals surface area contributed by atoms with Gasteiger partial charge in [0.2, 0.25) is 0 Å². The van der Waals surface area contributed by atoms with E-state index in [-0.39, 0.29) is 5.92 Å². The molecular weight excluding hydrogens is 216 g/mol.